The van der Waals surface area contributed by atoms with Gasteiger partial charge in [0.25, 0.3) is 0 Å². The first-order valence-electron chi connectivity index (χ1n) is 4.57. The van der Waals surface area contributed by atoms with E-state index >= 15 is 0 Å². The van der Waals surface area contributed by atoms with Gasteiger partial charge in [0, 0.05) is 12.6 Å². The van der Waals surface area contributed by atoms with Crippen molar-refractivity contribution in [2.75, 3.05) is 6.54 Å². The first-order valence-corrected chi connectivity index (χ1v) is 4.57. The molecule has 1 heterocycles. The van der Waals surface area contributed by atoms with Crippen LogP contribution < -0.4 is 5.73 Å². The molecule has 2 unspecified atom stereocenters. The molecule has 0 bridgehead atoms. The molecule has 0 aromatic carbocycles. The second-order valence-corrected chi connectivity index (χ2v) is 3.70. The summed E-state index contributed by atoms with van der Waals surface area (Å²) in [6, 6.07) is 0.556. The molecule has 2 rings (SSSR count). The summed E-state index contributed by atoms with van der Waals surface area (Å²) in [4.78, 5) is 2.04. The highest BCUT2D eigenvalue weighted by Crippen LogP contribution is 2.37. The fraction of sp³-hybridized carbons (Fsp3) is 0.875. The molecule has 2 aliphatic rings. The van der Waals surface area contributed by atoms with E-state index in [1.54, 1.807) is 0 Å². The molecule has 2 atom stereocenters. The highest BCUT2D eigenvalue weighted by atomic mass is 16.4. The Hall–Kier alpha value is -0.930. The van der Waals surface area contributed by atoms with Crippen molar-refractivity contribution in [1.82, 2.24) is 4.90 Å². The molecule has 0 aromatic rings. The molecular formula is C8H15N3O. The van der Waals surface area contributed by atoms with Crippen LogP contribution in [0.2, 0.25) is 0 Å². The van der Waals surface area contributed by atoms with E-state index in [1.807, 2.05) is 4.90 Å². The molecule has 0 spiro atoms. The monoisotopic (exact) mass is 169 g/mol. The van der Waals surface area contributed by atoms with Crippen LogP contribution in [-0.4, -0.2) is 28.7 Å². The van der Waals surface area contributed by atoms with Gasteiger partial charge < -0.3 is 15.8 Å². The van der Waals surface area contributed by atoms with Gasteiger partial charge in [-0.3, -0.25) is 0 Å². The van der Waals surface area contributed by atoms with Crippen molar-refractivity contribution in [2.45, 2.75) is 31.7 Å². The summed E-state index contributed by atoms with van der Waals surface area (Å²) in [5.41, 5.74) is 5.56. The minimum atomic E-state index is 0.296. The Morgan fingerprint density at radius 2 is 2.25 bits per heavy atom. The predicted octanol–water partition coefficient (Wildman–Crippen LogP) is 0.565. The Labute approximate surface area is 72.0 Å². The lowest BCUT2D eigenvalue weighted by atomic mass is 10.1. The molecule has 68 valence electrons. The van der Waals surface area contributed by atoms with Crippen molar-refractivity contribution in [3.8, 4) is 0 Å². The van der Waals surface area contributed by atoms with Gasteiger partial charge >= 0.3 is 0 Å². The quantitative estimate of drug-likeness (QED) is 0.241. The van der Waals surface area contributed by atoms with Crippen molar-refractivity contribution in [1.29, 1.82) is 0 Å². The van der Waals surface area contributed by atoms with Gasteiger partial charge in [-0.15, -0.1) is 0 Å². The van der Waals surface area contributed by atoms with Crippen molar-refractivity contribution in [2.24, 2.45) is 16.8 Å². The Morgan fingerprint density at radius 1 is 1.42 bits per heavy atom. The third-order valence-corrected chi connectivity index (χ3v) is 3.16. The fourth-order valence-electron chi connectivity index (χ4n) is 2.58. The van der Waals surface area contributed by atoms with Crippen LogP contribution in [0.4, 0.5) is 0 Å². The first-order chi connectivity index (χ1) is 5.83. The van der Waals surface area contributed by atoms with Crippen LogP contribution in [-0.2, 0) is 0 Å². The largest absolute Gasteiger partial charge is 0.408 e. The summed E-state index contributed by atoms with van der Waals surface area (Å²) < 4.78 is 0. The summed E-state index contributed by atoms with van der Waals surface area (Å²) in [6.45, 7) is 0.964. The number of guanidine groups is 1. The lowest BCUT2D eigenvalue weighted by Crippen LogP contribution is -2.41. The summed E-state index contributed by atoms with van der Waals surface area (Å²) >= 11 is 0. The van der Waals surface area contributed by atoms with E-state index in [-0.39, 0.29) is 0 Å². The van der Waals surface area contributed by atoms with Crippen molar-refractivity contribution >= 4 is 5.96 Å². The van der Waals surface area contributed by atoms with E-state index in [9.17, 15) is 0 Å². The highest BCUT2D eigenvalue weighted by molar-refractivity contribution is 5.78. The number of likely N-dealkylation sites (tertiary alicyclic amines) is 1. The molecule has 0 aromatic heterocycles. The van der Waals surface area contributed by atoms with Gasteiger partial charge in [0.1, 0.15) is 0 Å². The standard InChI is InChI=1S/C8H15N3O/c9-8(10-12)11-5-4-6-2-1-3-7(6)11/h6-7,12H,1-5H2,(H2,9,10). The summed E-state index contributed by atoms with van der Waals surface area (Å²) in [7, 11) is 0. The number of hydrogen-bond donors (Lipinski definition) is 2. The summed E-state index contributed by atoms with van der Waals surface area (Å²) in [5.74, 6) is 1.09. The third kappa shape index (κ3) is 1.02. The minimum Gasteiger partial charge on any atom is -0.408 e. The first kappa shape index (κ1) is 7.71. The molecule has 1 saturated heterocycles. The zero-order valence-electron chi connectivity index (χ0n) is 7.11. The molecule has 4 nitrogen and oxygen atoms in total. The number of nitrogens with zero attached hydrogens (tertiary/aromatic N) is 2. The normalized spacial score (nSPS) is 35.7. The van der Waals surface area contributed by atoms with Crippen LogP contribution in [0.1, 0.15) is 25.7 Å². The van der Waals surface area contributed by atoms with E-state index < -0.39 is 0 Å². The number of nitrogens with two attached hydrogens (primary N) is 1. The molecule has 4 heteroatoms. The van der Waals surface area contributed by atoms with E-state index in [0.717, 1.165) is 12.5 Å². The second-order valence-electron chi connectivity index (χ2n) is 3.70. The van der Waals surface area contributed by atoms with Crippen molar-refractivity contribution < 1.29 is 5.21 Å². The number of rotatable bonds is 0. The Balaban J connectivity index is 2.09. The van der Waals surface area contributed by atoms with E-state index in [2.05, 4.69) is 5.16 Å². The van der Waals surface area contributed by atoms with Gasteiger partial charge in [0.15, 0.2) is 0 Å². The number of oxime groups is 1. The van der Waals surface area contributed by atoms with E-state index in [0.29, 0.717) is 12.0 Å². The maximum atomic E-state index is 8.54. The molecule has 1 saturated carbocycles. The van der Waals surface area contributed by atoms with Crippen molar-refractivity contribution in [3.63, 3.8) is 0 Å². The number of hydrogen-bond acceptors (Lipinski definition) is 2. The average Bonchev–Trinajstić information content (AvgIpc) is 2.62. The predicted molar refractivity (Wildman–Crippen MR) is 45.9 cm³/mol. The maximum Gasteiger partial charge on any atom is 0.233 e. The molecule has 3 N–H and O–H groups in total. The van der Waals surface area contributed by atoms with Crippen LogP contribution in [0.5, 0.6) is 0 Å². The maximum absolute atomic E-state index is 8.54. The second kappa shape index (κ2) is 2.84. The van der Waals surface area contributed by atoms with Crippen LogP contribution in [0, 0.1) is 5.92 Å². The molecule has 12 heavy (non-hydrogen) atoms. The van der Waals surface area contributed by atoms with Crippen LogP contribution in [0.25, 0.3) is 0 Å². The Kier molecular flexibility index (Phi) is 1.83. The van der Waals surface area contributed by atoms with Gasteiger partial charge in [0.05, 0.1) is 0 Å². The lowest BCUT2D eigenvalue weighted by molar-refractivity contribution is 0.288. The minimum absolute atomic E-state index is 0.296. The van der Waals surface area contributed by atoms with Gasteiger partial charge in [-0.1, -0.05) is 11.6 Å². The molecule has 0 amide bonds. The van der Waals surface area contributed by atoms with Gasteiger partial charge in [-0.2, -0.15) is 0 Å². The van der Waals surface area contributed by atoms with Crippen LogP contribution in [0.3, 0.4) is 0 Å². The SMILES string of the molecule is N/C(=N\O)N1CCC2CCCC21. The smallest absolute Gasteiger partial charge is 0.233 e. The fourth-order valence-corrected chi connectivity index (χ4v) is 2.58. The molecular weight excluding hydrogens is 154 g/mol. The topological polar surface area (TPSA) is 61.9 Å². The van der Waals surface area contributed by atoms with E-state index in [1.165, 1.54) is 25.7 Å². The van der Waals surface area contributed by atoms with Gasteiger partial charge in [0.2, 0.25) is 5.96 Å². The highest BCUT2D eigenvalue weighted by Gasteiger charge is 2.38. The van der Waals surface area contributed by atoms with Crippen LogP contribution >= 0.6 is 0 Å². The molecule has 2 fully saturated rings. The Bertz CT molecular complexity index is 204. The molecule has 0 radical (unpaired) electrons. The molecule has 1 aliphatic carbocycles. The van der Waals surface area contributed by atoms with E-state index in [4.69, 9.17) is 10.9 Å². The lowest BCUT2D eigenvalue weighted by Gasteiger charge is -2.23. The zero-order valence-corrected chi connectivity index (χ0v) is 7.11. The Morgan fingerprint density at radius 3 is 3.00 bits per heavy atom. The summed E-state index contributed by atoms with van der Waals surface area (Å²) in [5, 5.41) is 11.6. The van der Waals surface area contributed by atoms with Gasteiger partial charge in [-0.05, 0) is 25.2 Å². The summed E-state index contributed by atoms with van der Waals surface area (Å²) in [6.07, 6.45) is 5.03. The number of fused-ring (bicyclic) bond motifs is 1. The average molecular weight is 169 g/mol. The van der Waals surface area contributed by atoms with Gasteiger partial charge in [-0.25, -0.2) is 0 Å². The zero-order chi connectivity index (χ0) is 8.55. The molecule has 1 aliphatic heterocycles. The van der Waals surface area contributed by atoms with Crippen molar-refractivity contribution in [3.05, 3.63) is 0 Å². The third-order valence-electron chi connectivity index (χ3n) is 3.16. The van der Waals surface area contributed by atoms with Crippen LogP contribution in [0.15, 0.2) is 5.16 Å².